The van der Waals surface area contributed by atoms with E-state index in [1.165, 1.54) is 5.56 Å². The molecule has 1 heterocycles. The van der Waals surface area contributed by atoms with E-state index in [9.17, 15) is 8.78 Å². The van der Waals surface area contributed by atoms with Gasteiger partial charge in [0.1, 0.15) is 0 Å². The van der Waals surface area contributed by atoms with Crippen LogP contribution in [-0.4, -0.2) is 37.5 Å². The fourth-order valence-corrected chi connectivity index (χ4v) is 3.07. The van der Waals surface area contributed by atoms with Crippen LogP contribution in [0.25, 0.3) is 0 Å². The van der Waals surface area contributed by atoms with E-state index < -0.39 is 12.5 Å². The molecule has 0 unspecified atom stereocenters. The minimum atomic E-state index is -2.38. The molecule has 3 nitrogen and oxygen atoms in total. The Hall–Kier alpha value is -1.40. The number of anilines is 1. The minimum Gasteiger partial charge on any atom is -0.381 e. The zero-order valence-electron chi connectivity index (χ0n) is 14.4. The van der Waals surface area contributed by atoms with Crippen molar-refractivity contribution in [3.05, 3.63) is 65.7 Å². The molecule has 0 aromatic heterocycles. The average Bonchev–Trinajstić information content (AvgIpc) is 2.63. The molecule has 1 atom stereocenters. The van der Waals surface area contributed by atoms with Gasteiger partial charge in [-0.25, -0.2) is 8.78 Å². The monoisotopic (exact) mass is 403 g/mol. The first-order valence-corrected chi connectivity index (χ1v) is 8.35. The molecule has 2 aromatic rings. The Morgan fingerprint density at radius 3 is 2.12 bits per heavy atom. The van der Waals surface area contributed by atoms with Gasteiger partial charge in [-0.1, -0.05) is 42.5 Å². The van der Waals surface area contributed by atoms with Crippen LogP contribution in [0.2, 0.25) is 0 Å². The molecule has 3 rings (SSSR count). The number of rotatable bonds is 6. The first-order chi connectivity index (χ1) is 11.7. The van der Waals surface area contributed by atoms with E-state index in [0.29, 0.717) is 18.7 Å². The number of halogens is 4. The topological polar surface area (TPSA) is 27.3 Å². The molecule has 1 fully saturated rings. The Bertz CT molecular complexity index is 620. The number of nitrogens with one attached hydrogen (secondary N) is 2. The third-order valence-electron chi connectivity index (χ3n) is 4.38. The molecule has 0 amide bonds. The molecule has 1 aliphatic heterocycles. The molecule has 26 heavy (non-hydrogen) atoms. The highest BCUT2D eigenvalue weighted by molar-refractivity contribution is 5.85. The Kier molecular flexibility index (Phi) is 9.88. The maximum absolute atomic E-state index is 13.6. The van der Waals surface area contributed by atoms with E-state index >= 15 is 0 Å². The van der Waals surface area contributed by atoms with Crippen molar-refractivity contribution in [3.63, 3.8) is 0 Å². The normalized spacial score (nSPS) is 15.7. The first-order valence-electron chi connectivity index (χ1n) is 8.35. The van der Waals surface area contributed by atoms with E-state index in [2.05, 4.69) is 22.8 Å². The summed E-state index contributed by atoms with van der Waals surface area (Å²) in [5, 5.41) is 6.53. The predicted molar refractivity (Wildman–Crippen MR) is 108 cm³/mol. The quantitative estimate of drug-likeness (QED) is 0.750. The lowest BCUT2D eigenvalue weighted by Gasteiger charge is -2.34. The summed E-state index contributed by atoms with van der Waals surface area (Å²) in [4.78, 5) is 1.87. The van der Waals surface area contributed by atoms with Crippen LogP contribution in [0.15, 0.2) is 54.6 Å². The van der Waals surface area contributed by atoms with Gasteiger partial charge in [0.05, 0.1) is 6.04 Å². The third kappa shape index (κ3) is 6.09. The molecule has 1 saturated heterocycles. The van der Waals surface area contributed by atoms with E-state index in [1.54, 1.807) is 0 Å². The average molecular weight is 404 g/mol. The summed E-state index contributed by atoms with van der Waals surface area (Å²) in [5.41, 5.74) is 2.81. The standard InChI is InChI=1S/C19H23F2N3.2ClH/c20-19(21)18(24-12-10-22-11-13-24)16-6-8-17(9-7-16)23-14-15-4-2-1-3-5-15;;/h1-9,18-19,22-23H,10-14H2;2*1H/t18-;;/m0../s1. The smallest absolute Gasteiger partial charge is 0.258 e. The van der Waals surface area contributed by atoms with Crippen molar-refractivity contribution in [2.75, 3.05) is 31.5 Å². The molecule has 144 valence electrons. The second-order valence-electron chi connectivity index (χ2n) is 6.03. The lowest BCUT2D eigenvalue weighted by atomic mass is 10.0. The Labute approximate surface area is 166 Å². The van der Waals surface area contributed by atoms with Gasteiger partial charge in [0.15, 0.2) is 0 Å². The summed E-state index contributed by atoms with van der Waals surface area (Å²) >= 11 is 0. The Morgan fingerprint density at radius 2 is 1.54 bits per heavy atom. The van der Waals surface area contributed by atoms with Gasteiger partial charge >= 0.3 is 0 Å². The summed E-state index contributed by atoms with van der Waals surface area (Å²) in [7, 11) is 0. The number of alkyl halides is 2. The van der Waals surface area contributed by atoms with E-state index in [1.807, 2.05) is 47.4 Å². The Balaban J connectivity index is 0.00000169. The van der Waals surface area contributed by atoms with Crippen LogP contribution in [0.5, 0.6) is 0 Å². The predicted octanol–water partition coefficient (Wildman–Crippen LogP) is 4.35. The number of nitrogens with zero attached hydrogens (tertiary/aromatic N) is 1. The second-order valence-corrected chi connectivity index (χ2v) is 6.03. The van der Waals surface area contributed by atoms with Gasteiger partial charge < -0.3 is 10.6 Å². The summed E-state index contributed by atoms with van der Waals surface area (Å²) in [6.07, 6.45) is -2.38. The highest BCUT2D eigenvalue weighted by Crippen LogP contribution is 2.28. The molecule has 0 bridgehead atoms. The molecule has 1 aliphatic rings. The molecular weight excluding hydrogens is 379 g/mol. The highest BCUT2D eigenvalue weighted by atomic mass is 35.5. The summed E-state index contributed by atoms with van der Waals surface area (Å²) in [5.74, 6) is 0. The van der Waals surface area contributed by atoms with E-state index in [4.69, 9.17) is 0 Å². The van der Waals surface area contributed by atoms with Gasteiger partial charge in [0.25, 0.3) is 6.43 Å². The fourth-order valence-electron chi connectivity index (χ4n) is 3.07. The van der Waals surface area contributed by atoms with E-state index in [-0.39, 0.29) is 24.8 Å². The van der Waals surface area contributed by atoms with Crippen molar-refractivity contribution < 1.29 is 8.78 Å². The molecule has 0 aliphatic carbocycles. The van der Waals surface area contributed by atoms with Crippen LogP contribution in [0.1, 0.15) is 17.2 Å². The van der Waals surface area contributed by atoms with Gasteiger partial charge in [-0.15, -0.1) is 24.8 Å². The molecule has 0 saturated carbocycles. The molecule has 0 radical (unpaired) electrons. The van der Waals surface area contributed by atoms with E-state index in [0.717, 1.165) is 25.3 Å². The fraction of sp³-hybridized carbons (Fsp3) is 0.368. The summed E-state index contributed by atoms with van der Waals surface area (Å²) in [6, 6.07) is 16.7. The third-order valence-corrected chi connectivity index (χ3v) is 4.38. The van der Waals surface area contributed by atoms with Crippen LogP contribution in [-0.2, 0) is 6.54 Å². The van der Waals surface area contributed by atoms with Crippen molar-refractivity contribution >= 4 is 30.5 Å². The van der Waals surface area contributed by atoms with Crippen molar-refractivity contribution in [3.8, 4) is 0 Å². The zero-order chi connectivity index (χ0) is 16.8. The molecule has 2 N–H and O–H groups in total. The van der Waals surface area contributed by atoms with Gasteiger partial charge in [0.2, 0.25) is 0 Å². The maximum atomic E-state index is 13.6. The lowest BCUT2D eigenvalue weighted by Crippen LogP contribution is -2.46. The van der Waals surface area contributed by atoms with Crippen LogP contribution in [0.3, 0.4) is 0 Å². The minimum absolute atomic E-state index is 0. The van der Waals surface area contributed by atoms with Crippen LogP contribution >= 0.6 is 24.8 Å². The summed E-state index contributed by atoms with van der Waals surface area (Å²) < 4.78 is 27.1. The maximum Gasteiger partial charge on any atom is 0.258 e. The van der Waals surface area contributed by atoms with Crippen LogP contribution in [0, 0.1) is 0 Å². The number of piperazine rings is 1. The Morgan fingerprint density at radius 1 is 0.923 bits per heavy atom. The van der Waals surface area contributed by atoms with Crippen molar-refractivity contribution in [1.29, 1.82) is 0 Å². The highest BCUT2D eigenvalue weighted by Gasteiger charge is 2.29. The second kappa shape index (κ2) is 11.3. The zero-order valence-corrected chi connectivity index (χ0v) is 16.0. The lowest BCUT2D eigenvalue weighted by molar-refractivity contribution is 0.0182. The SMILES string of the molecule is Cl.Cl.FC(F)[C@H](c1ccc(NCc2ccccc2)cc1)N1CCNCC1. The van der Waals surface area contributed by atoms with Gasteiger partial charge in [0, 0.05) is 38.4 Å². The molecule has 0 spiro atoms. The summed E-state index contributed by atoms with van der Waals surface area (Å²) in [6.45, 7) is 3.56. The molecule has 2 aromatic carbocycles. The largest absolute Gasteiger partial charge is 0.381 e. The number of hydrogen-bond acceptors (Lipinski definition) is 3. The number of benzene rings is 2. The first kappa shape index (κ1) is 22.6. The molecular formula is C19H25Cl2F2N3. The number of hydrogen-bond donors (Lipinski definition) is 2. The van der Waals surface area contributed by atoms with Crippen molar-refractivity contribution in [2.24, 2.45) is 0 Å². The van der Waals surface area contributed by atoms with Crippen molar-refractivity contribution in [2.45, 2.75) is 19.0 Å². The van der Waals surface area contributed by atoms with Gasteiger partial charge in [-0.3, -0.25) is 4.90 Å². The van der Waals surface area contributed by atoms with Crippen LogP contribution in [0.4, 0.5) is 14.5 Å². The van der Waals surface area contributed by atoms with Gasteiger partial charge in [-0.05, 0) is 23.3 Å². The van der Waals surface area contributed by atoms with Crippen molar-refractivity contribution in [1.82, 2.24) is 10.2 Å². The van der Waals surface area contributed by atoms with Gasteiger partial charge in [-0.2, -0.15) is 0 Å². The van der Waals surface area contributed by atoms with Crippen LogP contribution < -0.4 is 10.6 Å². The molecule has 7 heteroatoms.